The molecule has 1 saturated heterocycles. The van der Waals surface area contributed by atoms with E-state index in [4.69, 9.17) is 9.15 Å². The standard InChI is InChI=1S/C8H10INO2/c9-8-2-1-7(12-8)3-10-6-4-11-5-6/h1-2,6,10H,3-5H2. The van der Waals surface area contributed by atoms with Crippen LogP contribution in [0.15, 0.2) is 16.5 Å². The van der Waals surface area contributed by atoms with Crippen LogP contribution in [0.2, 0.25) is 0 Å². The summed E-state index contributed by atoms with van der Waals surface area (Å²) in [5, 5.41) is 3.33. The molecule has 12 heavy (non-hydrogen) atoms. The molecular formula is C8H10INO2. The van der Waals surface area contributed by atoms with Gasteiger partial charge in [0.15, 0.2) is 3.77 Å². The molecule has 1 aromatic rings. The fourth-order valence-electron chi connectivity index (χ4n) is 1.05. The third-order valence-corrected chi connectivity index (χ3v) is 2.41. The molecule has 1 fully saturated rings. The predicted octanol–water partition coefficient (Wildman–Crippen LogP) is 1.37. The molecule has 0 radical (unpaired) electrons. The molecule has 0 spiro atoms. The number of nitrogens with one attached hydrogen (secondary N) is 1. The molecule has 1 N–H and O–H groups in total. The third-order valence-electron chi connectivity index (χ3n) is 1.83. The summed E-state index contributed by atoms with van der Waals surface area (Å²) in [5.74, 6) is 0.992. The van der Waals surface area contributed by atoms with E-state index in [1.807, 2.05) is 12.1 Å². The van der Waals surface area contributed by atoms with E-state index in [-0.39, 0.29) is 0 Å². The Hall–Kier alpha value is -0.0700. The van der Waals surface area contributed by atoms with Gasteiger partial charge in [0.05, 0.1) is 25.8 Å². The van der Waals surface area contributed by atoms with E-state index < -0.39 is 0 Å². The fraction of sp³-hybridized carbons (Fsp3) is 0.500. The lowest BCUT2D eigenvalue weighted by molar-refractivity contribution is -0.00644. The van der Waals surface area contributed by atoms with Gasteiger partial charge < -0.3 is 14.5 Å². The molecule has 1 aliphatic rings. The molecule has 1 aromatic heterocycles. The number of ether oxygens (including phenoxy) is 1. The maximum atomic E-state index is 5.39. The van der Waals surface area contributed by atoms with Crippen LogP contribution in [0.25, 0.3) is 0 Å². The maximum absolute atomic E-state index is 5.39. The molecule has 0 bridgehead atoms. The van der Waals surface area contributed by atoms with Crippen molar-refractivity contribution in [2.24, 2.45) is 0 Å². The summed E-state index contributed by atoms with van der Waals surface area (Å²) >= 11 is 2.16. The van der Waals surface area contributed by atoms with Crippen LogP contribution in [-0.4, -0.2) is 19.3 Å². The molecule has 0 saturated carbocycles. The van der Waals surface area contributed by atoms with Crippen molar-refractivity contribution in [3.63, 3.8) is 0 Å². The van der Waals surface area contributed by atoms with Crippen LogP contribution < -0.4 is 5.32 Å². The Morgan fingerprint density at radius 3 is 2.83 bits per heavy atom. The number of rotatable bonds is 3. The van der Waals surface area contributed by atoms with Crippen LogP contribution in [0.5, 0.6) is 0 Å². The van der Waals surface area contributed by atoms with Gasteiger partial charge in [-0.2, -0.15) is 0 Å². The third kappa shape index (κ3) is 1.99. The van der Waals surface area contributed by atoms with Crippen molar-refractivity contribution in [1.82, 2.24) is 5.32 Å². The zero-order valence-electron chi connectivity index (χ0n) is 6.55. The van der Waals surface area contributed by atoms with Crippen molar-refractivity contribution in [2.75, 3.05) is 13.2 Å². The van der Waals surface area contributed by atoms with Crippen molar-refractivity contribution < 1.29 is 9.15 Å². The molecule has 0 unspecified atom stereocenters. The van der Waals surface area contributed by atoms with Crippen molar-refractivity contribution in [3.8, 4) is 0 Å². The van der Waals surface area contributed by atoms with Crippen LogP contribution in [0.1, 0.15) is 5.76 Å². The molecule has 0 aromatic carbocycles. The van der Waals surface area contributed by atoms with Gasteiger partial charge in [0.2, 0.25) is 0 Å². The van der Waals surface area contributed by atoms with Crippen LogP contribution in [0.4, 0.5) is 0 Å². The van der Waals surface area contributed by atoms with Crippen molar-refractivity contribution in [2.45, 2.75) is 12.6 Å². The smallest absolute Gasteiger partial charge is 0.164 e. The van der Waals surface area contributed by atoms with Crippen LogP contribution in [0.3, 0.4) is 0 Å². The monoisotopic (exact) mass is 279 g/mol. The molecule has 2 heterocycles. The van der Waals surface area contributed by atoms with E-state index in [1.165, 1.54) is 0 Å². The van der Waals surface area contributed by atoms with E-state index in [0.717, 1.165) is 29.3 Å². The van der Waals surface area contributed by atoms with Gasteiger partial charge >= 0.3 is 0 Å². The highest BCUT2D eigenvalue weighted by Crippen LogP contribution is 2.10. The number of hydrogen-bond acceptors (Lipinski definition) is 3. The largest absolute Gasteiger partial charge is 0.454 e. The van der Waals surface area contributed by atoms with Crippen LogP contribution in [0, 0.1) is 3.77 Å². The minimum atomic E-state index is 0.521. The zero-order valence-corrected chi connectivity index (χ0v) is 8.71. The second-order valence-corrected chi connectivity index (χ2v) is 3.88. The molecular weight excluding hydrogens is 269 g/mol. The summed E-state index contributed by atoms with van der Waals surface area (Å²) in [4.78, 5) is 0. The number of hydrogen-bond donors (Lipinski definition) is 1. The molecule has 0 atom stereocenters. The molecule has 2 rings (SSSR count). The normalized spacial score (nSPS) is 17.8. The number of halogens is 1. The van der Waals surface area contributed by atoms with Gasteiger partial charge in [-0.15, -0.1) is 0 Å². The quantitative estimate of drug-likeness (QED) is 0.849. The van der Waals surface area contributed by atoms with Gasteiger partial charge in [0.1, 0.15) is 5.76 Å². The molecule has 66 valence electrons. The van der Waals surface area contributed by atoms with Gasteiger partial charge in [0.25, 0.3) is 0 Å². The van der Waals surface area contributed by atoms with E-state index >= 15 is 0 Å². The minimum absolute atomic E-state index is 0.521. The summed E-state index contributed by atoms with van der Waals surface area (Å²) in [6.45, 7) is 2.46. The van der Waals surface area contributed by atoms with Crippen LogP contribution >= 0.6 is 22.6 Å². The van der Waals surface area contributed by atoms with Crippen LogP contribution in [-0.2, 0) is 11.3 Å². The lowest BCUT2D eigenvalue weighted by atomic mass is 10.2. The molecule has 0 amide bonds. The first-order valence-corrected chi connectivity index (χ1v) is 4.98. The second-order valence-electron chi connectivity index (χ2n) is 2.82. The first kappa shape index (κ1) is 8.52. The topological polar surface area (TPSA) is 34.4 Å². The lowest BCUT2D eigenvalue weighted by Gasteiger charge is -2.26. The average molecular weight is 279 g/mol. The molecule has 0 aliphatic carbocycles. The zero-order chi connectivity index (χ0) is 8.39. The molecule has 4 heteroatoms. The van der Waals surface area contributed by atoms with Gasteiger partial charge in [-0.05, 0) is 34.7 Å². The van der Waals surface area contributed by atoms with E-state index in [0.29, 0.717) is 6.04 Å². The Labute approximate surface area is 84.6 Å². The first-order chi connectivity index (χ1) is 5.84. The van der Waals surface area contributed by atoms with E-state index in [1.54, 1.807) is 0 Å². The molecule has 3 nitrogen and oxygen atoms in total. The Morgan fingerprint density at radius 1 is 1.50 bits per heavy atom. The summed E-state index contributed by atoms with van der Waals surface area (Å²) < 4.78 is 11.4. The highest BCUT2D eigenvalue weighted by molar-refractivity contribution is 14.1. The van der Waals surface area contributed by atoms with Gasteiger partial charge in [-0.1, -0.05) is 0 Å². The van der Waals surface area contributed by atoms with Crippen molar-refractivity contribution in [1.29, 1.82) is 0 Å². The Balaban J connectivity index is 1.79. The van der Waals surface area contributed by atoms with Gasteiger partial charge in [-0.3, -0.25) is 0 Å². The SMILES string of the molecule is Ic1ccc(CNC2COC2)o1. The molecule has 1 aliphatic heterocycles. The second kappa shape index (κ2) is 3.76. The van der Waals surface area contributed by atoms with E-state index in [2.05, 4.69) is 27.9 Å². The predicted molar refractivity (Wildman–Crippen MR) is 52.9 cm³/mol. The lowest BCUT2D eigenvalue weighted by Crippen LogP contribution is -2.45. The fourth-order valence-corrected chi connectivity index (χ4v) is 1.51. The Morgan fingerprint density at radius 2 is 2.33 bits per heavy atom. The highest BCUT2D eigenvalue weighted by atomic mass is 127. The summed E-state index contributed by atoms with van der Waals surface area (Å²) in [6.07, 6.45) is 0. The van der Waals surface area contributed by atoms with Crippen molar-refractivity contribution in [3.05, 3.63) is 21.7 Å². The van der Waals surface area contributed by atoms with Crippen molar-refractivity contribution >= 4 is 22.6 Å². The summed E-state index contributed by atoms with van der Waals surface area (Å²) in [5.41, 5.74) is 0. The number of furan rings is 1. The summed E-state index contributed by atoms with van der Waals surface area (Å²) in [6, 6.07) is 4.48. The highest BCUT2D eigenvalue weighted by Gasteiger charge is 2.17. The van der Waals surface area contributed by atoms with Gasteiger partial charge in [0, 0.05) is 0 Å². The minimum Gasteiger partial charge on any atom is -0.454 e. The Kier molecular flexibility index (Phi) is 2.67. The maximum Gasteiger partial charge on any atom is 0.164 e. The van der Waals surface area contributed by atoms with Gasteiger partial charge in [-0.25, -0.2) is 0 Å². The average Bonchev–Trinajstić information content (AvgIpc) is 2.32. The first-order valence-electron chi connectivity index (χ1n) is 3.90. The summed E-state index contributed by atoms with van der Waals surface area (Å²) in [7, 11) is 0. The van der Waals surface area contributed by atoms with E-state index in [9.17, 15) is 0 Å². The Bertz CT molecular complexity index is 257.